The molecule has 1 atom stereocenters. The lowest BCUT2D eigenvalue weighted by Gasteiger charge is -2.14. The van der Waals surface area contributed by atoms with Crippen molar-refractivity contribution in [2.24, 2.45) is 0 Å². The van der Waals surface area contributed by atoms with Gasteiger partial charge in [0.15, 0.2) is 0 Å². The van der Waals surface area contributed by atoms with Gasteiger partial charge in [-0.05, 0) is 17.9 Å². The zero-order valence-corrected chi connectivity index (χ0v) is 10.7. The van der Waals surface area contributed by atoms with E-state index in [0.29, 0.717) is 5.95 Å². The van der Waals surface area contributed by atoms with Crippen molar-refractivity contribution in [3.63, 3.8) is 0 Å². The molecule has 0 aliphatic rings. The minimum absolute atomic E-state index is 0.109. The highest BCUT2D eigenvalue weighted by Gasteiger charge is 2.12. The zero-order valence-electron chi connectivity index (χ0n) is 9.92. The van der Waals surface area contributed by atoms with Crippen LogP contribution in [0.5, 0.6) is 0 Å². The van der Waals surface area contributed by atoms with Crippen molar-refractivity contribution in [2.75, 3.05) is 5.32 Å². The number of nitrogens with one attached hydrogen (secondary N) is 2. The summed E-state index contributed by atoms with van der Waals surface area (Å²) in [6, 6.07) is 2.13. The van der Waals surface area contributed by atoms with Gasteiger partial charge in [-0.2, -0.15) is 0 Å². The molecule has 3 aromatic rings. The normalized spacial score (nSPS) is 12.7. The summed E-state index contributed by atoms with van der Waals surface area (Å²) < 4.78 is 0. The number of rotatable bonds is 4. The third kappa shape index (κ3) is 2.06. The molecule has 0 saturated carbocycles. The number of imidazole rings is 1. The Hall–Kier alpha value is -1.95. The van der Waals surface area contributed by atoms with Gasteiger partial charge < -0.3 is 10.3 Å². The van der Waals surface area contributed by atoms with Crippen LogP contribution < -0.4 is 5.32 Å². The second-order valence-corrected chi connectivity index (χ2v) is 4.85. The molecule has 0 saturated heterocycles. The maximum absolute atomic E-state index is 4.49. The van der Waals surface area contributed by atoms with Crippen LogP contribution in [0.15, 0.2) is 30.0 Å². The Bertz CT molecular complexity index is 631. The summed E-state index contributed by atoms with van der Waals surface area (Å²) in [6.45, 7) is 2.10. The summed E-state index contributed by atoms with van der Waals surface area (Å²) in [7, 11) is 0. The summed E-state index contributed by atoms with van der Waals surface area (Å²) in [4.78, 5) is 17.2. The third-order valence-corrected chi connectivity index (χ3v) is 3.59. The second kappa shape index (κ2) is 4.73. The summed E-state index contributed by atoms with van der Waals surface area (Å²) >= 11 is 1.62. The Balaban J connectivity index is 1.86. The molecule has 1 unspecified atom stereocenters. The maximum atomic E-state index is 4.49. The van der Waals surface area contributed by atoms with E-state index in [9.17, 15) is 0 Å². The fourth-order valence-electron chi connectivity index (χ4n) is 1.81. The Morgan fingerprint density at radius 2 is 2.39 bits per heavy atom. The van der Waals surface area contributed by atoms with Crippen molar-refractivity contribution in [1.29, 1.82) is 0 Å². The number of hydrogen-bond donors (Lipinski definition) is 2. The predicted octanol–water partition coefficient (Wildman–Crippen LogP) is 2.98. The van der Waals surface area contributed by atoms with E-state index in [0.717, 1.165) is 22.5 Å². The number of aromatic nitrogens is 4. The number of nitrogens with zero attached hydrogens (tertiary/aromatic N) is 3. The molecule has 3 rings (SSSR count). The quantitative estimate of drug-likeness (QED) is 0.756. The van der Waals surface area contributed by atoms with Crippen LogP contribution in [0.3, 0.4) is 0 Å². The number of fused-ring (bicyclic) bond motifs is 1. The molecule has 0 fully saturated rings. The number of aromatic amines is 1. The molecule has 6 heteroatoms. The third-order valence-electron chi connectivity index (χ3n) is 2.77. The van der Waals surface area contributed by atoms with E-state index in [-0.39, 0.29) is 6.04 Å². The van der Waals surface area contributed by atoms with Gasteiger partial charge in [-0.3, -0.25) is 0 Å². The molecule has 3 heterocycles. The van der Waals surface area contributed by atoms with Crippen molar-refractivity contribution >= 4 is 27.5 Å². The van der Waals surface area contributed by atoms with Crippen LogP contribution >= 0.6 is 11.3 Å². The minimum atomic E-state index is 0.109. The van der Waals surface area contributed by atoms with Crippen LogP contribution in [0.25, 0.3) is 10.2 Å². The van der Waals surface area contributed by atoms with Crippen molar-refractivity contribution in [3.05, 3.63) is 35.9 Å². The SMILES string of the molecule is CCC(Nc1ncc2ccsc2n1)c1ncc[nH]1. The van der Waals surface area contributed by atoms with E-state index in [1.807, 2.05) is 23.8 Å². The van der Waals surface area contributed by atoms with E-state index < -0.39 is 0 Å². The molecule has 0 amide bonds. The van der Waals surface area contributed by atoms with E-state index in [4.69, 9.17) is 0 Å². The smallest absolute Gasteiger partial charge is 0.224 e. The van der Waals surface area contributed by atoms with E-state index in [2.05, 4.69) is 32.2 Å². The lowest BCUT2D eigenvalue weighted by atomic mass is 10.2. The van der Waals surface area contributed by atoms with Crippen LogP contribution in [0, 0.1) is 0 Å². The molecule has 0 radical (unpaired) electrons. The van der Waals surface area contributed by atoms with Crippen molar-refractivity contribution < 1.29 is 0 Å². The van der Waals surface area contributed by atoms with Gasteiger partial charge in [0.05, 0.1) is 6.04 Å². The molecule has 92 valence electrons. The average Bonchev–Trinajstić information content (AvgIpc) is 3.06. The highest BCUT2D eigenvalue weighted by molar-refractivity contribution is 7.16. The first-order chi connectivity index (χ1) is 8.86. The summed E-state index contributed by atoms with van der Waals surface area (Å²) in [5.74, 6) is 1.56. The van der Waals surface area contributed by atoms with Crippen molar-refractivity contribution in [2.45, 2.75) is 19.4 Å². The molecule has 0 aliphatic heterocycles. The Morgan fingerprint density at radius 3 is 3.17 bits per heavy atom. The van der Waals surface area contributed by atoms with E-state index >= 15 is 0 Å². The first-order valence-electron chi connectivity index (χ1n) is 5.83. The average molecular weight is 259 g/mol. The van der Waals surface area contributed by atoms with Gasteiger partial charge in [-0.25, -0.2) is 15.0 Å². The summed E-state index contributed by atoms with van der Waals surface area (Å²) in [5.41, 5.74) is 0. The molecule has 0 aromatic carbocycles. The van der Waals surface area contributed by atoms with Crippen LogP contribution in [0.2, 0.25) is 0 Å². The molecule has 0 spiro atoms. The number of anilines is 1. The number of hydrogen-bond acceptors (Lipinski definition) is 5. The number of H-pyrrole nitrogens is 1. The fraction of sp³-hybridized carbons (Fsp3) is 0.250. The van der Waals surface area contributed by atoms with Gasteiger partial charge in [0, 0.05) is 24.0 Å². The lowest BCUT2D eigenvalue weighted by Crippen LogP contribution is -2.13. The number of thiophene rings is 1. The van der Waals surface area contributed by atoms with Gasteiger partial charge in [-0.15, -0.1) is 11.3 Å². The van der Waals surface area contributed by atoms with E-state index in [1.165, 1.54) is 0 Å². The minimum Gasteiger partial charge on any atom is -0.347 e. The van der Waals surface area contributed by atoms with Gasteiger partial charge in [-0.1, -0.05) is 6.92 Å². The molecule has 0 bridgehead atoms. The molecule has 0 aliphatic carbocycles. The highest BCUT2D eigenvalue weighted by atomic mass is 32.1. The van der Waals surface area contributed by atoms with Crippen molar-refractivity contribution in [3.8, 4) is 0 Å². The van der Waals surface area contributed by atoms with Gasteiger partial charge in [0.2, 0.25) is 5.95 Å². The van der Waals surface area contributed by atoms with Crippen LogP contribution in [-0.2, 0) is 0 Å². The van der Waals surface area contributed by atoms with Gasteiger partial charge >= 0.3 is 0 Å². The van der Waals surface area contributed by atoms with Crippen LogP contribution in [0.1, 0.15) is 25.2 Å². The van der Waals surface area contributed by atoms with E-state index in [1.54, 1.807) is 17.5 Å². The topological polar surface area (TPSA) is 66.5 Å². The molecule has 3 aromatic heterocycles. The van der Waals surface area contributed by atoms with Crippen molar-refractivity contribution in [1.82, 2.24) is 19.9 Å². The standard InChI is InChI=1S/C12H13N5S/c1-2-9(10-13-4-5-14-10)16-12-15-7-8-3-6-18-11(8)17-12/h3-7,9H,2H2,1H3,(H,13,14)(H,15,16,17). The van der Waals surface area contributed by atoms with Gasteiger partial charge in [0.1, 0.15) is 10.7 Å². The fourth-order valence-corrected chi connectivity index (χ4v) is 2.55. The first-order valence-corrected chi connectivity index (χ1v) is 6.71. The van der Waals surface area contributed by atoms with Crippen LogP contribution in [0.4, 0.5) is 5.95 Å². The van der Waals surface area contributed by atoms with Gasteiger partial charge in [0.25, 0.3) is 0 Å². The predicted molar refractivity (Wildman–Crippen MR) is 72.7 cm³/mol. The Labute approximate surface area is 108 Å². The van der Waals surface area contributed by atoms with Crippen LogP contribution in [-0.4, -0.2) is 19.9 Å². The lowest BCUT2D eigenvalue weighted by molar-refractivity contribution is 0.696. The Kier molecular flexibility index (Phi) is 2.93. The molecular formula is C12H13N5S. The highest BCUT2D eigenvalue weighted by Crippen LogP contribution is 2.21. The maximum Gasteiger partial charge on any atom is 0.224 e. The molecule has 5 nitrogen and oxygen atoms in total. The summed E-state index contributed by atoms with van der Waals surface area (Å²) in [6.07, 6.45) is 6.33. The monoisotopic (exact) mass is 259 g/mol. The zero-order chi connectivity index (χ0) is 12.4. The Morgan fingerprint density at radius 1 is 1.44 bits per heavy atom. The summed E-state index contributed by atoms with van der Waals surface area (Å²) in [5, 5.41) is 6.40. The molecule has 2 N–H and O–H groups in total. The first kappa shape index (κ1) is 11.2. The molecule has 18 heavy (non-hydrogen) atoms. The second-order valence-electron chi connectivity index (χ2n) is 3.95. The largest absolute Gasteiger partial charge is 0.347 e. The molecular weight excluding hydrogens is 246 g/mol.